The van der Waals surface area contributed by atoms with E-state index in [0.29, 0.717) is 0 Å². The van der Waals surface area contributed by atoms with Gasteiger partial charge >= 0.3 is 0 Å². The molecule has 0 aliphatic carbocycles. The van der Waals surface area contributed by atoms with Crippen LogP contribution in [0.25, 0.3) is 0 Å². The topological polar surface area (TPSA) is 43.8 Å². The predicted octanol–water partition coefficient (Wildman–Crippen LogP) is 4.00. The van der Waals surface area contributed by atoms with E-state index in [2.05, 4.69) is 32.4 Å². The minimum absolute atomic E-state index is 0.0961. The molecule has 0 aromatic carbocycles. The number of aromatic nitrogens is 2. The van der Waals surface area contributed by atoms with E-state index in [1.165, 1.54) is 49.1 Å². The van der Waals surface area contributed by atoms with Crippen molar-refractivity contribution in [1.29, 1.82) is 0 Å². The van der Waals surface area contributed by atoms with Gasteiger partial charge in [0.05, 0.1) is 5.69 Å². The molecule has 0 fully saturated rings. The summed E-state index contributed by atoms with van der Waals surface area (Å²) < 4.78 is 2.21. The Balaban J connectivity index is 2.72. The lowest BCUT2D eigenvalue weighted by Crippen LogP contribution is -2.11. The normalized spacial score (nSPS) is 12.9. The molecule has 1 heterocycles. The van der Waals surface area contributed by atoms with Gasteiger partial charge in [-0.2, -0.15) is 5.10 Å². The van der Waals surface area contributed by atoms with E-state index in [9.17, 15) is 0 Å². The van der Waals surface area contributed by atoms with Crippen LogP contribution in [0.1, 0.15) is 82.8 Å². The molecule has 0 aliphatic heterocycles. The lowest BCUT2D eigenvalue weighted by molar-refractivity contribution is 0.515. The molecule has 0 saturated carbocycles. The van der Waals surface area contributed by atoms with Crippen molar-refractivity contribution in [2.75, 3.05) is 0 Å². The fourth-order valence-electron chi connectivity index (χ4n) is 2.78. The summed E-state index contributed by atoms with van der Waals surface area (Å²) in [6, 6.07) is 0.0961. The largest absolute Gasteiger partial charge is 0.324 e. The van der Waals surface area contributed by atoms with Gasteiger partial charge in [-0.3, -0.25) is 4.68 Å². The predicted molar refractivity (Wildman–Crippen MR) is 82.3 cm³/mol. The van der Waals surface area contributed by atoms with Crippen molar-refractivity contribution in [1.82, 2.24) is 9.78 Å². The molecule has 2 N–H and O–H groups in total. The molecule has 3 nitrogen and oxygen atoms in total. The quantitative estimate of drug-likeness (QED) is 0.686. The second-order valence-electron chi connectivity index (χ2n) is 5.44. The number of rotatable bonds is 9. The first-order valence-electron chi connectivity index (χ1n) is 7.99. The first-order valence-corrected chi connectivity index (χ1v) is 7.99. The molecule has 3 heteroatoms. The van der Waals surface area contributed by atoms with Gasteiger partial charge in [-0.15, -0.1) is 0 Å². The number of nitrogens with two attached hydrogens (primary N) is 1. The average molecular weight is 265 g/mol. The molecule has 0 amide bonds. The maximum Gasteiger partial charge on any atom is 0.0672 e. The highest BCUT2D eigenvalue weighted by Crippen LogP contribution is 2.22. The van der Waals surface area contributed by atoms with Gasteiger partial charge in [0.2, 0.25) is 0 Å². The van der Waals surface area contributed by atoms with Gasteiger partial charge in [0.15, 0.2) is 0 Å². The standard InChI is InChI=1S/C16H31N3/c1-5-8-9-10-11-12-19-15(7-3)16(13(4)17)14(6-2)18-19/h13H,5-12,17H2,1-4H3. The van der Waals surface area contributed by atoms with Crippen LogP contribution in [0.2, 0.25) is 0 Å². The molecule has 0 spiro atoms. The summed E-state index contributed by atoms with van der Waals surface area (Å²) in [5.74, 6) is 0. The van der Waals surface area contributed by atoms with Crippen molar-refractivity contribution in [3.8, 4) is 0 Å². The van der Waals surface area contributed by atoms with Crippen LogP contribution in [-0.4, -0.2) is 9.78 Å². The van der Waals surface area contributed by atoms with E-state index >= 15 is 0 Å². The zero-order valence-electron chi connectivity index (χ0n) is 13.2. The molecule has 19 heavy (non-hydrogen) atoms. The smallest absolute Gasteiger partial charge is 0.0672 e. The van der Waals surface area contributed by atoms with Gasteiger partial charge in [-0.05, 0) is 26.2 Å². The molecule has 1 atom stereocenters. The minimum atomic E-state index is 0.0961. The molecule has 0 radical (unpaired) electrons. The molecule has 1 aromatic heterocycles. The third kappa shape index (κ3) is 4.34. The Morgan fingerprint density at radius 1 is 1.05 bits per heavy atom. The Hall–Kier alpha value is -0.830. The summed E-state index contributed by atoms with van der Waals surface area (Å²) in [7, 11) is 0. The Labute approximate surface area is 118 Å². The number of nitrogens with zero attached hydrogens (tertiary/aromatic N) is 2. The van der Waals surface area contributed by atoms with Crippen LogP contribution in [-0.2, 0) is 19.4 Å². The Morgan fingerprint density at radius 2 is 1.74 bits per heavy atom. The molecule has 1 aromatic rings. The van der Waals surface area contributed by atoms with Crippen LogP contribution in [0.4, 0.5) is 0 Å². The zero-order valence-corrected chi connectivity index (χ0v) is 13.2. The summed E-state index contributed by atoms with van der Waals surface area (Å²) in [5, 5.41) is 4.78. The van der Waals surface area contributed by atoms with Crippen molar-refractivity contribution < 1.29 is 0 Å². The van der Waals surface area contributed by atoms with E-state index in [-0.39, 0.29) is 6.04 Å². The molecule has 0 bridgehead atoms. The van der Waals surface area contributed by atoms with E-state index in [1.807, 2.05) is 0 Å². The van der Waals surface area contributed by atoms with Crippen LogP contribution in [0.5, 0.6) is 0 Å². The summed E-state index contributed by atoms with van der Waals surface area (Å²) >= 11 is 0. The first kappa shape index (κ1) is 16.2. The fraction of sp³-hybridized carbons (Fsp3) is 0.812. The van der Waals surface area contributed by atoms with Crippen LogP contribution >= 0.6 is 0 Å². The highest BCUT2D eigenvalue weighted by Gasteiger charge is 2.17. The Morgan fingerprint density at radius 3 is 2.26 bits per heavy atom. The number of aryl methyl sites for hydroxylation is 2. The molecule has 1 rings (SSSR count). The van der Waals surface area contributed by atoms with Gasteiger partial charge < -0.3 is 5.73 Å². The third-order valence-corrected chi connectivity index (χ3v) is 3.77. The van der Waals surface area contributed by atoms with Crippen molar-refractivity contribution in [2.24, 2.45) is 5.73 Å². The highest BCUT2D eigenvalue weighted by atomic mass is 15.3. The molecule has 0 aliphatic rings. The minimum Gasteiger partial charge on any atom is -0.324 e. The lowest BCUT2D eigenvalue weighted by atomic mass is 10.0. The monoisotopic (exact) mass is 265 g/mol. The lowest BCUT2D eigenvalue weighted by Gasteiger charge is -2.10. The summed E-state index contributed by atoms with van der Waals surface area (Å²) in [6.07, 6.45) is 8.55. The van der Waals surface area contributed by atoms with E-state index in [1.54, 1.807) is 0 Å². The van der Waals surface area contributed by atoms with Gasteiger partial charge in [0.1, 0.15) is 0 Å². The van der Waals surface area contributed by atoms with Gasteiger partial charge in [0, 0.05) is 23.8 Å². The first-order chi connectivity index (χ1) is 9.15. The van der Waals surface area contributed by atoms with Crippen molar-refractivity contribution >= 4 is 0 Å². The van der Waals surface area contributed by atoms with Crippen LogP contribution in [0.3, 0.4) is 0 Å². The summed E-state index contributed by atoms with van der Waals surface area (Å²) in [6.45, 7) is 9.74. The van der Waals surface area contributed by atoms with E-state index < -0.39 is 0 Å². The maximum absolute atomic E-state index is 6.12. The van der Waals surface area contributed by atoms with Gasteiger partial charge in [-0.1, -0.05) is 46.5 Å². The van der Waals surface area contributed by atoms with Crippen LogP contribution < -0.4 is 5.73 Å². The number of hydrogen-bond donors (Lipinski definition) is 1. The van der Waals surface area contributed by atoms with E-state index in [4.69, 9.17) is 10.8 Å². The maximum atomic E-state index is 6.12. The molecule has 0 saturated heterocycles. The second kappa shape index (κ2) is 8.36. The van der Waals surface area contributed by atoms with Crippen molar-refractivity contribution in [3.05, 3.63) is 17.0 Å². The van der Waals surface area contributed by atoms with Crippen LogP contribution in [0, 0.1) is 0 Å². The second-order valence-corrected chi connectivity index (χ2v) is 5.44. The van der Waals surface area contributed by atoms with Crippen molar-refractivity contribution in [2.45, 2.75) is 85.2 Å². The highest BCUT2D eigenvalue weighted by molar-refractivity contribution is 5.29. The SMILES string of the molecule is CCCCCCCn1nc(CC)c(C(C)N)c1CC. The third-order valence-electron chi connectivity index (χ3n) is 3.77. The summed E-state index contributed by atoms with van der Waals surface area (Å²) in [5.41, 5.74) is 9.96. The molecule has 110 valence electrons. The van der Waals surface area contributed by atoms with Gasteiger partial charge in [-0.25, -0.2) is 0 Å². The van der Waals surface area contributed by atoms with Crippen LogP contribution in [0.15, 0.2) is 0 Å². The Bertz CT molecular complexity index is 366. The van der Waals surface area contributed by atoms with Crippen molar-refractivity contribution in [3.63, 3.8) is 0 Å². The molecular formula is C16H31N3. The zero-order chi connectivity index (χ0) is 14.3. The van der Waals surface area contributed by atoms with Gasteiger partial charge in [0.25, 0.3) is 0 Å². The molecule has 1 unspecified atom stereocenters. The Kier molecular flexibility index (Phi) is 7.14. The summed E-state index contributed by atoms with van der Waals surface area (Å²) in [4.78, 5) is 0. The van der Waals surface area contributed by atoms with E-state index in [0.717, 1.165) is 19.4 Å². The number of hydrogen-bond acceptors (Lipinski definition) is 2. The average Bonchev–Trinajstić information content (AvgIpc) is 2.76. The molecular weight excluding hydrogens is 234 g/mol. The number of unbranched alkanes of at least 4 members (excludes halogenated alkanes) is 4. The fourth-order valence-corrected chi connectivity index (χ4v) is 2.78.